The smallest absolute Gasteiger partial charge is 0.347 e. The van der Waals surface area contributed by atoms with E-state index in [1.54, 1.807) is 11.9 Å². The molecule has 0 bridgehead atoms. The van der Waals surface area contributed by atoms with Gasteiger partial charge in [0.1, 0.15) is 34.3 Å². The normalized spacial score (nSPS) is 17.4. The van der Waals surface area contributed by atoms with Crippen LogP contribution >= 0.6 is 34.7 Å². The minimum atomic E-state index is -1.38. The minimum Gasteiger partial charge on any atom is -0.478 e. The van der Waals surface area contributed by atoms with Crippen LogP contribution in [0.1, 0.15) is 12.6 Å². The van der Waals surface area contributed by atoms with Crippen molar-refractivity contribution in [3.05, 3.63) is 51.9 Å². The second kappa shape index (κ2) is 12.5. The zero-order valence-electron chi connectivity index (χ0n) is 21.2. The first kappa shape index (κ1) is 29.0. The van der Waals surface area contributed by atoms with Gasteiger partial charge < -0.3 is 30.7 Å². The molecule has 1 amide bonds. The molecule has 0 aliphatic carbocycles. The monoisotopic (exact) mass is 606 g/mol. The molecule has 4 heterocycles. The van der Waals surface area contributed by atoms with Crippen molar-refractivity contribution in [1.29, 1.82) is 0 Å². The van der Waals surface area contributed by atoms with E-state index in [2.05, 4.69) is 20.4 Å². The number of carbonyl (C=O) groups is 4. The van der Waals surface area contributed by atoms with Crippen LogP contribution in [0.25, 0.3) is 11.0 Å². The standard InChI is InChI=1S/C24H24ClN7O6S2/c1-12(23(36)37)38-30-18(17-19(25)40-24(26)29-17)21(35)28-15(9-33)22-31(2)16(10-34)14(11-39-22)8-32-7-3-4-13-5-6-27-20(13)32/h3-7,9-10,12,15,22H,8,11H2,1-2H3,(H4,26,28,29,35,36,37)/p+1/b30-18-/t12-,15?,22?/m0/s1. The Bertz CT molecular complexity index is 1520. The first-order valence-corrected chi connectivity index (χ1v) is 14.0. The Kier molecular flexibility index (Phi) is 9.07. The van der Waals surface area contributed by atoms with Crippen molar-refractivity contribution < 1.29 is 33.7 Å². The summed E-state index contributed by atoms with van der Waals surface area (Å²) in [7, 11) is 1.66. The second-order valence-electron chi connectivity index (χ2n) is 8.67. The molecule has 0 radical (unpaired) electrons. The summed E-state index contributed by atoms with van der Waals surface area (Å²) in [5.41, 5.74) is 7.25. The van der Waals surface area contributed by atoms with Crippen molar-refractivity contribution in [3.63, 3.8) is 0 Å². The lowest BCUT2D eigenvalue weighted by Crippen LogP contribution is -2.53. The highest BCUT2D eigenvalue weighted by atomic mass is 35.5. The number of carboxylic acids is 1. The third-order valence-corrected chi connectivity index (χ3v) is 8.60. The zero-order valence-corrected chi connectivity index (χ0v) is 23.6. The number of thiazole rings is 1. The molecule has 0 fully saturated rings. The number of thioether (sulfide) groups is 1. The number of pyridine rings is 1. The van der Waals surface area contributed by atoms with Gasteiger partial charge in [0, 0.05) is 18.4 Å². The van der Waals surface area contributed by atoms with Gasteiger partial charge in [-0.1, -0.05) is 28.1 Å². The molecule has 0 saturated heterocycles. The number of allylic oxidation sites excluding steroid dienone is 1. The summed E-state index contributed by atoms with van der Waals surface area (Å²) >= 11 is 8.42. The maximum absolute atomic E-state index is 13.3. The lowest BCUT2D eigenvalue weighted by atomic mass is 10.1. The Morgan fingerprint density at radius 3 is 2.88 bits per heavy atom. The average molecular weight is 607 g/mol. The van der Waals surface area contributed by atoms with Crippen LogP contribution in [-0.2, 0) is 30.6 Å². The highest BCUT2D eigenvalue weighted by molar-refractivity contribution is 8.00. The maximum Gasteiger partial charge on any atom is 0.347 e. The molecule has 4 rings (SSSR count). The largest absolute Gasteiger partial charge is 0.478 e. The summed E-state index contributed by atoms with van der Waals surface area (Å²) in [5, 5.41) is 15.8. The van der Waals surface area contributed by atoms with Crippen LogP contribution in [0.2, 0.25) is 4.34 Å². The molecule has 1 aliphatic heterocycles. The molecule has 3 aromatic rings. The molecule has 16 heteroatoms. The SMILES string of the molecule is C[C@H](O/N=C(\C(=O)NC(C=O)C1SCC(C[n+]2cccc3cc[nH]c32)=C(C=O)N1C)c1nc(N)sc1Cl)C(=O)O. The van der Waals surface area contributed by atoms with Crippen molar-refractivity contribution in [2.75, 3.05) is 18.5 Å². The van der Waals surface area contributed by atoms with Gasteiger partial charge in [-0.05, 0) is 25.1 Å². The Hall–Kier alpha value is -3.95. The van der Waals surface area contributed by atoms with Crippen LogP contribution in [0, 0.1) is 0 Å². The number of rotatable bonds is 11. The second-order valence-corrected chi connectivity index (χ2v) is 11.4. The van der Waals surface area contributed by atoms with Crippen LogP contribution in [0.3, 0.4) is 0 Å². The molecular formula is C24H25ClN7O6S2+. The lowest BCUT2D eigenvalue weighted by Gasteiger charge is -2.38. The van der Waals surface area contributed by atoms with Gasteiger partial charge in [0.15, 0.2) is 17.1 Å². The summed E-state index contributed by atoms with van der Waals surface area (Å²) < 4.78 is 2.02. The number of nitrogens with two attached hydrogens (primary N) is 1. The lowest BCUT2D eigenvalue weighted by molar-refractivity contribution is -0.664. The van der Waals surface area contributed by atoms with Crippen LogP contribution in [0.4, 0.5) is 5.13 Å². The van der Waals surface area contributed by atoms with Gasteiger partial charge in [0.05, 0.1) is 23.5 Å². The molecule has 3 atom stereocenters. The van der Waals surface area contributed by atoms with Crippen molar-refractivity contribution in [3.8, 4) is 0 Å². The minimum absolute atomic E-state index is 0.0233. The highest BCUT2D eigenvalue weighted by Crippen LogP contribution is 2.31. The number of anilines is 1. The molecule has 2 unspecified atom stereocenters. The number of nitrogens with zero attached hydrogens (tertiary/aromatic N) is 4. The Balaban J connectivity index is 1.57. The number of aromatic nitrogens is 3. The molecule has 40 heavy (non-hydrogen) atoms. The maximum atomic E-state index is 13.3. The van der Waals surface area contributed by atoms with Crippen molar-refractivity contribution >= 4 is 81.0 Å². The van der Waals surface area contributed by atoms with Crippen molar-refractivity contribution in [2.24, 2.45) is 5.16 Å². The molecular weight excluding hydrogens is 582 g/mol. The van der Waals surface area contributed by atoms with Gasteiger partial charge in [-0.3, -0.25) is 9.59 Å². The van der Waals surface area contributed by atoms with E-state index < -0.39 is 35.1 Å². The summed E-state index contributed by atoms with van der Waals surface area (Å²) in [6.07, 6.45) is 3.64. The number of hydrogen-bond donors (Lipinski definition) is 4. The quantitative estimate of drug-likeness (QED) is 0.107. The Morgan fingerprint density at radius 1 is 1.45 bits per heavy atom. The van der Waals surface area contributed by atoms with Gasteiger partial charge in [-0.2, -0.15) is 0 Å². The number of carboxylic acid groups (broad SMARTS) is 1. The number of likely N-dealkylation sites (N-methyl/N-ethyl adjacent to an activating group) is 1. The number of aromatic amines is 1. The Morgan fingerprint density at radius 2 is 2.23 bits per heavy atom. The first-order chi connectivity index (χ1) is 19.1. The number of fused-ring (bicyclic) bond motifs is 1. The van der Waals surface area contributed by atoms with Crippen LogP contribution in [0.15, 0.2) is 47.0 Å². The van der Waals surface area contributed by atoms with Crippen molar-refractivity contribution in [1.82, 2.24) is 20.2 Å². The number of nitrogen functional groups attached to an aromatic ring is 1. The van der Waals surface area contributed by atoms with E-state index in [0.29, 0.717) is 24.3 Å². The number of oxime groups is 1. The van der Waals surface area contributed by atoms with Crippen molar-refractivity contribution in [2.45, 2.75) is 31.0 Å². The predicted octanol–water partition coefficient (Wildman–Crippen LogP) is 1.18. The molecule has 1 aliphatic rings. The summed E-state index contributed by atoms with van der Waals surface area (Å²) in [6.45, 7) is 1.66. The molecule has 210 valence electrons. The molecule has 0 saturated carbocycles. The summed E-state index contributed by atoms with van der Waals surface area (Å²) in [6, 6.07) is 4.74. The molecule has 0 aromatic carbocycles. The van der Waals surface area contributed by atoms with Gasteiger partial charge in [-0.25, -0.2) is 19.3 Å². The van der Waals surface area contributed by atoms with E-state index in [0.717, 1.165) is 34.2 Å². The number of H-pyrrole nitrogens is 1. The van der Waals surface area contributed by atoms with E-state index in [1.165, 1.54) is 18.7 Å². The van der Waals surface area contributed by atoms with E-state index in [4.69, 9.17) is 27.3 Å². The number of amides is 1. The number of nitrogens with one attached hydrogen (secondary N) is 2. The average Bonchev–Trinajstić information content (AvgIpc) is 3.54. The van der Waals surface area contributed by atoms with Gasteiger partial charge in [-0.15, -0.1) is 11.8 Å². The van der Waals surface area contributed by atoms with Crippen LogP contribution < -0.4 is 15.6 Å². The third kappa shape index (κ3) is 6.11. The third-order valence-electron chi connectivity index (χ3n) is 6.05. The van der Waals surface area contributed by atoms with E-state index in [1.807, 2.05) is 35.2 Å². The van der Waals surface area contributed by atoms with Gasteiger partial charge in [0.2, 0.25) is 6.10 Å². The van der Waals surface area contributed by atoms with Crippen LogP contribution in [-0.4, -0.2) is 80.5 Å². The van der Waals surface area contributed by atoms with E-state index in [9.17, 15) is 19.2 Å². The molecule has 13 nitrogen and oxygen atoms in total. The fraction of sp³-hybridized carbons (Fsp3) is 0.292. The van der Waals surface area contributed by atoms with Gasteiger partial charge >= 0.3 is 5.97 Å². The van der Waals surface area contributed by atoms with Gasteiger partial charge in [0.25, 0.3) is 11.6 Å². The highest BCUT2D eigenvalue weighted by Gasteiger charge is 2.35. The van der Waals surface area contributed by atoms with Crippen LogP contribution in [0.5, 0.6) is 0 Å². The van der Waals surface area contributed by atoms with E-state index in [-0.39, 0.29) is 15.2 Å². The number of aldehydes is 2. The fourth-order valence-corrected chi connectivity index (χ4v) is 6.26. The summed E-state index contributed by atoms with van der Waals surface area (Å²) in [4.78, 5) is 62.6. The number of aliphatic carboxylic acids is 1. The topological polar surface area (TPSA) is 184 Å². The number of hydrogen-bond acceptors (Lipinski definition) is 11. The zero-order chi connectivity index (χ0) is 29.0. The molecule has 0 spiro atoms. The molecule has 3 aromatic heterocycles. The fourth-order valence-electron chi connectivity index (χ4n) is 4.04. The number of carbonyl (C=O) groups excluding carboxylic acids is 3. The first-order valence-electron chi connectivity index (χ1n) is 11.8. The van der Waals surface area contributed by atoms with E-state index >= 15 is 0 Å². The molecule has 5 N–H and O–H groups in total. The predicted molar refractivity (Wildman–Crippen MR) is 150 cm³/mol. The number of halogens is 1. The summed E-state index contributed by atoms with van der Waals surface area (Å²) in [5.74, 6) is -1.79. The Labute approximate surface area is 241 Å².